The van der Waals surface area contributed by atoms with Gasteiger partial charge in [0.25, 0.3) is 5.91 Å². The highest BCUT2D eigenvalue weighted by molar-refractivity contribution is 5.96. The van der Waals surface area contributed by atoms with Crippen molar-refractivity contribution in [1.29, 1.82) is 0 Å². The van der Waals surface area contributed by atoms with Gasteiger partial charge in [-0.15, -0.1) is 0 Å². The zero-order valence-corrected chi connectivity index (χ0v) is 12.7. The number of anilines is 1. The monoisotopic (exact) mass is 337 g/mol. The third-order valence-corrected chi connectivity index (χ3v) is 3.09. The molecule has 0 fully saturated rings. The van der Waals surface area contributed by atoms with E-state index in [1.54, 1.807) is 18.2 Å². The molecule has 0 aliphatic rings. The first-order valence-electron chi connectivity index (χ1n) is 6.97. The molecule has 1 N–H and O–H groups in total. The van der Waals surface area contributed by atoms with Crippen molar-refractivity contribution in [2.24, 2.45) is 0 Å². The zero-order valence-electron chi connectivity index (χ0n) is 12.7. The molecule has 0 aromatic heterocycles. The molecule has 0 bridgehead atoms. The van der Waals surface area contributed by atoms with Crippen LogP contribution in [0.2, 0.25) is 0 Å². The van der Waals surface area contributed by atoms with Crippen LogP contribution in [-0.4, -0.2) is 18.5 Å². The smallest absolute Gasteiger partial charge is 0.417 e. The number of rotatable bonds is 4. The summed E-state index contributed by atoms with van der Waals surface area (Å²) in [6, 6.07) is 11.2. The summed E-state index contributed by atoms with van der Waals surface area (Å²) in [7, 11) is 0. The van der Waals surface area contributed by atoms with E-state index in [0.29, 0.717) is 5.69 Å². The molecular weight excluding hydrogens is 323 g/mol. The first-order chi connectivity index (χ1) is 11.3. The van der Waals surface area contributed by atoms with Crippen molar-refractivity contribution in [3.8, 4) is 0 Å². The van der Waals surface area contributed by atoms with E-state index in [-0.39, 0.29) is 0 Å². The second-order valence-electron chi connectivity index (χ2n) is 5.04. The van der Waals surface area contributed by atoms with Crippen molar-refractivity contribution >= 4 is 17.6 Å². The summed E-state index contributed by atoms with van der Waals surface area (Å²) in [5, 5.41) is 2.50. The van der Waals surface area contributed by atoms with Crippen molar-refractivity contribution in [3.05, 3.63) is 65.2 Å². The van der Waals surface area contributed by atoms with Crippen LogP contribution in [-0.2, 0) is 15.7 Å². The molecule has 24 heavy (non-hydrogen) atoms. The fourth-order valence-corrected chi connectivity index (χ4v) is 2.04. The van der Waals surface area contributed by atoms with Gasteiger partial charge in [-0.25, -0.2) is 4.79 Å². The molecule has 0 aliphatic heterocycles. The van der Waals surface area contributed by atoms with E-state index in [2.05, 4.69) is 10.1 Å². The normalized spacial score (nSPS) is 11.0. The number of nitrogens with one attached hydrogen (secondary N) is 1. The van der Waals surface area contributed by atoms with Gasteiger partial charge in [-0.2, -0.15) is 13.2 Å². The van der Waals surface area contributed by atoms with E-state index in [0.717, 1.165) is 17.7 Å². The van der Waals surface area contributed by atoms with Crippen molar-refractivity contribution in [1.82, 2.24) is 0 Å². The molecule has 2 aromatic rings. The fourth-order valence-electron chi connectivity index (χ4n) is 2.04. The Morgan fingerprint density at radius 2 is 1.79 bits per heavy atom. The highest BCUT2D eigenvalue weighted by Gasteiger charge is 2.35. The van der Waals surface area contributed by atoms with Crippen molar-refractivity contribution in [3.63, 3.8) is 0 Å². The minimum Gasteiger partial charge on any atom is -0.452 e. The largest absolute Gasteiger partial charge is 0.452 e. The van der Waals surface area contributed by atoms with Gasteiger partial charge in [0.15, 0.2) is 6.61 Å². The minimum atomic E-state index is -4.68. The summed E-state index contributed by atoms with van der Waals surface area (Å²) in [4.78, 5) is 23.6. The number of amides is 1. The number of esters is 1. The maximum absolute atomic E-state index is 12.8. The van der Waals surface area contributed by atoms with E-state index in [1.807, 2.05) is 13.0 Å². The van der Waals surface area contributed by atoms with Crippen LogP contribution in [0.15, 0.2) is 48.5 Å². The predicted octanol–water partition coefficient (Wildman–Crippen LogP) is 3.81. The van der Waals surface area contributed by atoms with Crippen LogP contribution in [0.4, 0.5) is 18.9 Å². The number of hydrogen-bond donors (Lipinski definition) is 1. The molecule has 7 heteroatoms. The van der Waals surface area contributed by atoms with Gasteiger partial charge in [-0.3, -0.25) is 4.79 Å². The third-order valence-electron chi connectivity index (χ3n) is 3.09. The third kappa shape index (κ3) is 4.58. The fraction of sp³-hybridized carbons (Fsp3) is 0.176. The van der Waals surface area contributed by atoms with Crippen LogP contribution >= 0.6 is 0 Å². The van der Waals surface area contributed by atoms with Crippen molar-refractivity contribution < 1.29 is 27.5 Å². The molecule has 0 spiro atoms. The van der Waals surface area contributed by atoms with Crippen LogP contribution < -0.4 is 5.32 Å². The minimum absolute atomic E-state index is 0.506. The Morgan fingerprint density at radius 3 is 2.46 bits per heavy atom. The van der Waals surface area contributed by atoms with E-state index in [4.69, 9.17) is 0 Å². The molecule has 0 radical (unpaired) electrons. The van der Waals surface area contributed by atoms with Crippen LogP contribution in [0.3, 0.4) is 0 Å². The SMILES string of the molecule is Cc1cccc(NC(=O)COC(=O)c2ccccc2C(F)(F)F)c1. The lowest BCUT2D eigenvalue weighted by molar-refractivity contribution is -0.138. The molecule has 0 atom stereocenters. The Balaban J connectivity index is 2.00. The molecule has 2 aromatic carbocycles. The van der Waals surface area contributed by atoms with E-state index >= 15 is 0 Å². The lowest BCUT2D eigenvalue weighted by Crippen LogP contribution is -2.22. The molecule has 2 rings (SSSR count). The number of carbonyl (C=O) groups excluding carboxylic acids is 2. The zero-order chi connectivity index (χ0) is 17.7. The number of benzene rings is 2. The topological polar surface area (TPSA) is 55.4 Å². The summed E-state index contributed by atoms with van der Waals surface area (Å²) < 4.78 is 43.2. The van der Waals surface area contributed by atoms with Gasteiger partial charge in [0.1, 0.15) is 0 Å². The van der Waals surface area contributed by atoms with Gasteiger partial charge in [0, 0.05) is 5.69 Å². The Hall–Kier alpha value is -2.83. The van der Waals surface area contributed by atoms with Crippen LogP contribution in [0, 0.1) is 6.92 Å². The molecule has 0 heterocycles. The molecular formula is C17H14F3NO3. The predicted molar refractivity (Wildman–Crippen MR) is 81.5 cm³/mol. The number of aryl methyl sites for hydroxylation is 1. The number of ether oxygens (including phenoxy) is 1. The summed E-state index contributed by atoms with van der Waals surface area (Å²) in [5.74, 6) is -1.85. The number of halogens is 3. The average molecular weight is 337 g/mol. The van der Waals surface area contributed by atoms with Gasteiger partial charge < -0.3 is 10.1 Å². The molecule has 0 aliphatic carbocycles. The highest BCUT2D eigenvalue weighted by Crippen LogP contribution is 2.32. The second kappa shape index (κ2) is 7.16. The van der Waals surface area contributed by atoms with Gasteiger partial charge >= 0.3 is 12.1 Å². The van der Waals surface area contributed by atoms with Gasteiger partial charge in [-0.05, 0) is 36.8 Å². The lowest BCUT2D eigenvalue weighted by atomic mass is 10.1. The maximum atomic E-state index is 12.8. The molecule has 0 saturated carbocycles. The molecule has 0 unspecified atom stereocenters. The summed E-state index contributed by atoms with van der Waals surface area (Å²) in [5.41, 5.74) is -0.307. The standard InChI is InChI=1S/C17H14F3NO3/c1-11-5-4-6-12(9-11)21-15(22)10-24-16(23)13-7-2-3-8-14(13)17(18,19)20/h2-9H,10H2,1H3,(H,21,22). The Labute approximate surface area is 136 Å². The Kier molecular flexibility index (Phi) is 5.23. The summed E-state index contributed by atoms with van der Waals surface area (Å²) in [6.07, 6.45) is -4.68. The molecule has 4 nitrogen and oxygen atoms in total. The molecule has 126 valence electrons. The number of hydrogen-bond acceptors (Lipinski definition) is 3. The maximum Gasteiger partial charge on any atom is 0.417 e. The van der Waals surface area contributed by atoms with Gasteiger partial charge in [-0.1, -0.05) is 24.3 Å². The summed E-state index contributed by atoms with van der Waals surface area (Å²) in [6.45, 7) is 1.16. The first-order valence-corrected chi connectivity index (χ1v) is 6.97. The lowest BCUT2D eigenvalue weighted by Gasteiger charge is -2.12. The van der Waals surface area contributed by atoms with E-state index in [9.17, 15) is 22.8 Å². The van der Waals surface area contributed by atoms with Crippen LogP contribution in [0.1, 0.15) is 21.5 Å². The van der Waals surface area contributed by atoms with Crippen molar-refractivity contribution in [2.45, 2.75) is 13.1 Å². The first kappa shape index (κ1) is 17.5. The van der Waals surface area contributed by atoms with E-state index < -0.39 is 35.8 Å². The molecule has 1 amide bonds. The van der Waals surface area contributed by atoms with Crippen LogP contribution in [0.25, 0.3) is 0 Å². The number of alkyl halides is 3. The quantitative estimate of drug-likeness (QED) is 0.863. The Bertz CT molecular complexity index is 757. The van der Waals surface area contributed by atoms with E-state index in [1.165, 1.54) is 12.1 Å². The van der Waals surface area contributed by atoms with Gasteiger partial charge in [0.2, 0.25) is 0 Å². The van der Waals surface area contributed by atoms with Crippen molar-refractivity contribution in [2.75, 3.05) is 11.9 Å². The molecule has 0 saturated heterocycles. The highest BCUT2D eigenvalue weighted by atomic mass is 19.4. The average Bonchev–Trinajstić information content (AvgIpc) is 2.52. The Morgan fingerprint density at radius 1 is 1.08 bits per heavy atom. The second-order valence-corrected chi connectivity index (χ2v) is 5.04. The van der Waals surface area contributed by atoms with Gasteiger partial charge in [0.05, 0.1) is 11.1 Å². The summed E-state index contributed by atoms with van der Waals surface area (Å²) >= 11 is 0. The number of carbonyl (C=O) groups is 2. The van der Waals surface area contributed by atoms with Crippen LogP contribution in [0.5, 0.6) is 0 Å².